The molecule has 1 N–H and O–H groups in total. The van der Waals surface area contributed by atoms with Gasteiger partial charge in [0.05, 0.1) is 28.1 Å². The number of nitrogens with one attached hydrogen (secondary N) is 1. The smallest absolute Gasteiger partial charge is 0.410 e. The highest BCUT2D eigenvalue weighted by Gasteiger charge is 2.26. The van der Waals surface area contributed by atoms with Gasteiger partial charge in [-0.15, -0.1) is 11.8 Å². The first-order valence-electron chi connectivity index (χ1n) is 10.4. The summed E-state index contributed by atoms with van der Waals surface area (Å²) in [5, 5.41) is 8.41. The quantitative estimate of drug-likeness (QED) is 0.535. The van der Waals surface area contributed by atoms with E-state index >= 15 is 0 Å². The van der Waals surface area contributed by atoms with Gasteiger partial charge in [-0.05, 0) is 44.9 Å². The fraction of sp³-hybridized carbons (Fsp3) is 0.429. The maximum atomic E-state index is 14.8. The van der Waals surface area contributed by atoms with Crippen LogP contribution >= 0.6 is 11.8 Å². The maximum absolute atomic E-state index is 14.8. The fourth-order valence-corrected chi connectivity index (χ4v) is 5.33. The number of aromatic nitrogens is 4. The van der Waals surface area contributed by atoms with Gasteiger partial charge in [0.2, 0.25) is 0 Å². The molecular formula is C21H24FN5O4S2. The molecule has 1 saturated heterocycles. The van der Waals surface area contributed by atoms with E-state index in [0.29, 0.717) is 23.8 Å². The number of amides is 1. The Morgan fingerprint density at radius 3 is 2.64 bits per heavy atom. The van der Waals surface area contributed by atoms with Crippen molar-refractivity contribution >= 4 is 38.7 Å². The average Bonchev–Trinajstić information content (AvgIpc) is 3.22. The molecule has 12 heteroatoms. The van der Waals surface area contributed by atoms with E-state index in [2.05, 4.69) is 20.2 Å². The van der Waals surface area contributed by atoms with Crippen LogP contribution in [0, 0.1) is 5.82 Å². The van der Waals surface area contributed by atoms with E-state index in [1.54, 1.807) is 22.9 Å². The summed E-state index contributed by atoms with van der Waals surface area (Å²) >= 11 is 1.54. The number of fused-ring (bicyclic) bond motifs is 1. The lowest BCUT2D eigenvalue weighted by Gasteiger charge is -2.31. The molecular weight excluding hydrogens is 469 g/mol. The van der Waals surface area contributed by atoms with Crippen molar-refractivity contribution in [2.24, 2.45) is 0 Å². The number of ether oxygens (including phenoxy) is 1. The Morgan fingerprint density at radius 1 is 1.27 bits per heavy atom. The molecule has 1 fully saturated rings. The first-order chi connectivity index (χ1) is 15.6. The monoisotopic (exact) mass is 493 g/mol. The molecule has 176 valence electrons. The van der Waals surface area contributed by atoms with Crippen LogP contribution < -0.4 is 0 Å². The van der Waals surface area contributed by atoms with Crippen molar-refractivity contribution < 1.29 is 22.3 Å². The minimum absolute atomic E-state index is 0.104. The second-order valence-corrected chi connectivity index (χ2v) is 11.4. The number of piperidine rings is 1. The molecule has 0 bridgehead atoms. The van der Waals surface area contributed by atoms with Gasteiger partial charge in [0.25, 0.3) is 0 Å². The largest absolute Gasteiger partial charge is 0.447 e. The molecule has 0 unspecified atom stereocenters. The second kappa shape index (κ2) is 9.26. The van der Waals surface area contributed by atoms with Crippen molar-refractivity contribution in [1.82, 2.24) is 25.1 Å². The highest BCUT2D eigenvalue weighted by Crippen LogP contribution is 2.35. The van der Waals surface area contributed by atoms with Crippen molar-refractivity contribution in [2.45, 2.75) is 48.0 Å². The summed E-state index contributed by atoms with van der Waals surface area (Å²) in [7, 11) is -3.53. The first kappa shape index (κ1) is 23.4. The number of rotatable bonds is 5. The summed E-state index contributed by atoms with van der Waals surface area (Å²) in [6.07, 6.45) is 3.70. The van der Waals surface area contributed by atoms with Gasteiger partial charge < -0.3 is 9.64 Å². The normalized spacial score (nSPS) is 15.4. The Hall–Kier alpha value is -2.73. The van der Waals surface area contributed by atoms with Crippen LogP contribution in [0.25, 0.3) is 22.4 Å². The Balaban J connectivity index is 1.57. The zero-order valence-electron chi connectivity index (χ0n) is 18.4. The number of benzene rings is 1. The number of carbonyl (C=O) groups is 1. The van der Waals surface area contributed by atoms with Crippen LogP contribution in [0.15, 0.2) is 34.3 Å². The fourth-order valence-electron chi connectivity index (χ4n) is 3.52. The van der Waals surface area contributed by atoms with Gasteiger partial charge in [-0.3, -0.25) is 5.10 Å². The number of hydrogen-bond donors (Lipinski definition) is 1. The number of hydrogen-bond acceptors (Lipinski definition) is 8. The lowest BCUT2D eigenvalue weighted by atomic mass is 10.1. The number of sulfone groups is 1. The predicted octanol–water partition coefficient (Wildman–Crippen LogP) is 3.66. The molecule has 2 aromatic heterocycles. The van der Waals surface area contributed by atoms with Gasteiger partial charge in [-0.1, -0.05) is 0 Å². The molecule has 4 rings (SSSR count). The van der Waals surface area contributed by atoms with Gasteiger partial charge in [-0.25, -0.2) is 27.6 Å². The summed E-state index contributed by atoms with van der Waals surface area (Å²) in [6.45, 7) is 4.80. The third kappa shape index (κ3) is 5.27. The van der Waals surface area contributed by atoms with Gasteiger partial charge in [0.15, 0.2) is 21.3 Å². The molecule has 3 aromatic rings. The second-order valence-electron chi connectivity index (χ2n) is 8.14. The van der Waals surface area contributed by atoms with E-state index in [-0.39, 0.29) is 33.7 Å². The number of H-pyrrole nitrogens is 1. The third-order valence-electron chi connectivity index (χ3n) is 5.20. The molecule has 1 aliphatic rings. The highest BCUT2D eigenvalue weighted by atomic mass is 32.2. The van der Waals surface area contributed by atoms with Gasteiger partial charge in [0, 0.05) is 24.6 Å². The molecule has 0 atom stereocenters. The molecule has 1 aliphatic heterocycles. The van der Waals surface area contributed by atoms with E-state index < -0.39 is 15.7 Å². The molecule has 3 heterocycles. The average molecular weight is 494 g/mol. The van der Waals surface area contributed by atoms with Crippen LogP contribution in [0.2, 0.25) is 0 Å². The van der Waals surface area contributed by atoms with Crippen LogP contribution in [-0.4, -0.2) is 70.3 Å². The summed E-state index contributed by atoms with van der Waals surface area (Å²) in [4.78, 5) is 22.7. The van der Waals surface area contributed by atoms with Crippen LogP contribution in [-0.2, 0) is 14.6 Å². The molecule has 0 radical (unpaired) electrons. The van der Waals surface area contributed by atoms with Crippen LogP contribution in [0.1, 0.15) is 26.7 Å². The van der Waals surface area contributed by atoms with Crippen LogP contribution in [0.3, 0.4) is 0 Å². The minimum atomic E-state index is -3.53. The predicted molar refractivity (Wildman–Crippen MR) is 122 cm³/mol. The van der Waals surface area contributed by atoms with E-state index in [1.807, 2.05) is 13.8 Å². The molecule has 33 heavy (non-hydrogen) atoms. The summed E-state index contributed by atoms with van der Waals surface area (Å²) in [5.74, 6) is -0.575. The Labute approximate surface area is 195 Å². The van der Waals surface area contributed by atoms with Crippen LogP contribution in [0.4, 0.5) is 9.18 Å². The van der Waals surface area contributed by atoms with Gasteiger partial charge in [0.1, 0.15) is 10.8 Å². The Bertz CT molecular complexity index is 1290. The Morgan fingerprint density at radius 2 is 2.00 bits per heavy atom. The lowest BCUT2D eigenvalue weighted by Crippen LogP contribution is -2.40. The third-order valence-corrected chi connectivity index (χ3v) is 7.65. The summed E-state index contributed by atoms with van der Waals surface area (Å²) in [6, 6.07) is 3.69. The summed E-state index contributed by atoms with van der Waals surface area (Å²) in [5.41, 5.74) is 0.569. The van der Waals surface area contributed by atoms with E-state index in [4.69, 9.17) is 4.74 Å². The molecule has 1 aromatic carbocycles. The number of aromatic amines is 1. The summed E-state index contributed by atoms with van der Waals surface area (Å²) < 4.78 is 43.5. The van der Waals surface area contributed by atoms with Crippen molar-refractivity contribution in [3.05, 3.63) is 30.2 Å². The number of carbonyl (C=O) groups excluding carboxylic acids is 1. The van der Waals surface area contributed by atoms with Crippen molar-refractivity contribution in [3.63, 3.8) is 0 Å². The van der Waals surface area contributed by atoms with Crippen molar-refractivity contribution in [1.29, 1.82) is 0 Å². The Kier molecular flexibility index (Phi) is 6.57. The SMILES string of the molecule is CC(C)OC(=O)N1CCC(Sc2nc(-c3ccc(S(C)(=O)=O)cc3F)nc3[nH]ncc23)CC1. The number of halogens is 1. The molecule has 0 saturated carbocycles. The zero-order chi connectivity index (χ0) is 23.8. The molecule has 0 aliphatic carbocycles. The zero-order valence-corrected chi connectivity index (χ0v) is 20.0. The van der Waals surface area contributed by atoms with E-state index in [9.17, 15) is 17.6 Å². The number of thioether (sulfide) groups is 1. The van der Waals surface area contributed by atoms with Gasteiger partial charge >= 0.3 is 6.09 Å². The highest BCUT2D eigenvalue weighted by molar-refractivity contribution is 8.00. The van der Waals surface area contributed by atoms with Crippen molar-refractivity contribution in [3.8, 4) is 11.4 Å². The number of nitrogens with zero attached hydrogens (tertiary/aromatic N) is 4. The molecule has 1 amide bonds. The topological polar surface area (TPSA) is 118 Å². The first-order valence-corrected chi connectivity index (χ1v) is 13.2. The van der Waals surface area contributed by atoms with E-state index in [0.717, 1.165) is 30.6 Å². The van der Waals surface area contributed by atoms with Crippen molar-refractivity contribution in [2.75, 3.05) is 19.3 Å². The van der Waals surface area contributed by atoms with Crippen LogP contribution in [0.5, 0.6) is 0 Å². The lowest BCUT2D eigenvalue weighted by molar-refractivity contribution is 0.0717. The standard InChI is InChI=1S/C21H24FN5O4S2/c1-12(2)31-21(28)27-8-6-13(7-9-27)32-20-16-11-23-26-19(16)24-18(25-20)15-5-4-14(10-17(15)22)33(3,29)30/h4-5,10-13H,6-9H2,1-3H3,(H,23,24,25,26). The molecule has 9 nitrogen and oxygen atoms in total. The van der Waals surface area contributed by atoms with E-state index in [1.165, 1.54) is 12.1 Å². The maximum Gasteiger partial charge on any atom is 0.410 e. The minimum Gasteiger partial charge on any atom is -0.447 e. The molecule has 0 spiro atoms. The number of likely N-dealkylation sites (tertiary alicyclic amines) is 1. The van der Waals surface area contributed by atoms with Gasteiger partial charge in [-0.2, -0.15) is 5.10 Å².